The van der Waals surface area contributed by atoms with Crippen LogP contribution in [0.25, 0.3) is 0 Å². The van der Waals surface area contributed by atoms with Crippen molar-refractivity contribution in [3.8, 4) is 0 Å². The molecule has 0 saturated carbocycles. The van der Waals surface area contributed by atoms with Gasteiger partial charge in [-0.15, -0.1) is 0 Å². The Bertz CT molecular complexity index is 431. The highest BCUT2D eigenvalue weighted by Gasteiger charge is 2.18. The maximum absolute atomic E-state index is 9.04. The van der Waals surface area contributed by atoms with E-state index in [9.17, 15) is 0 Å². The van der Waals surface area contributed by atoms with E-state index >= 15 is 0 Å². The molecule has 0 unspecified atom stereocenters. The van der Waals surface area contributed by atoms with Gasteiger partial charge < -0.3 is 15.3 Å². The Morgan fingerprint density at radius 1 is 1.35 bits per heavy atom. The van der Waals surface area contributed by atoms with Crippen molar-refractivity contribution >= 4 is 27.7 Å². The number of aliphatic hydroxyl groups excluding tert-OH is 1. The molecule has 2 rings (SSSR count). The Balaban J connectivity index is 2.08. The van der Waals surface area contributed by atoms with Crippen molar-refractivity contribution in [1.29, 1.82) is 0 Å². The van der Waals surface area contributed by atoms with Gasteiger partial charge in [-0.05, 0) is 35.8 Å². The van der Waals surface area contributed by atoms with Crippen LogP contribution in [-0.4, -0.2) is 65.8 Å². The molecule has 0 aliphatic carbocycles. The molecule has 2 N–H and O–H groups in total. The summed E-state index contributed by atoms with van der Waals surface area (Å²) in [5, 5.41) is 12.2. The highest BCUT2D eigenvalue weighted by molar-refractivity contribution is 9.10. The van der Waals surface area contributed by atoms with Crippen LogP contribution >= 0.6 is 15.9 Å². The SMILES string of the molecule is CCNc1ncc(Br)c(N2CCCN(CCO)CC2)n1. The van der Waals surface area contributed by atoms with Crippen molar-refractivity contribution in [3.05, 3.63) is 10.7 Å². The monoisotopic (exact) mass is 343 g/mol. The molecule has 1 aromatic rings. The van der Waals surface area contributed by atoms with E-state index in [1.54, 1.807) is 6.20 Å². The summed E-state index contributed by atoms with van der Waals surface area (Å²) < 4.78 is 0.926. The number of aliphatic hydroxyl groups is 1. The first-order chi connectivity index (χ1) is 9.74. The molecule has 0 bridgehead atoms. The first kappa shape index (κ1) is 15.5. The van der Waals surface area contributed by atoms with Gasteiger partial charge >= 0.3 is 0 Å². The van der Waals surface area contributed by atoms with Crippen LogP contribution in [0, 0.1) is 0 Å². The summed E-state index contributed by atoms with van der Waals surface area (Å²) in [7, 11) is 0. The molecule has 1 saturated heterocycles. The van der Waals surface area contributed by atoms with Gasteiger partial charge in [-0.2, -0.15) is 4.98 Å². The average molecular weight is 344 g/mol. The molecule has 1 aliphatic rings. The summed E-state index contributed by atoms with van der Waals surface area (Å²) in [6, 6.07) is 0. The van der Waals surface area contributed by atoms with Crippen LogP contribution in [0.15, 0.2) is 10.7 Å². The Labute approximate surface area is 128 Å². The molecule has 0 amide bonds. The molecular formula is C13H22BrN5O. The second kappa shape index (κ2) is 7.75. The number of rotatable bonds is 5. The van der Waals surface area contributed by atoms with Crippen molar-refractivity contribution in [2.75, 3.05) is 56.1 Å². The highest BCUT2D eigenvalue weighted by atomic mass is 79.9. The number of nitrogens with one attached hydrogen (secondary N) is 1. The highest BCUT2D eigenvalue weighted by Crippen LogP contribution is 2.25. The lowest BCUT2D eigenvalue weighted by Gasteiger charge is -2.23. The van der Waals surface area contributed by atoms with Crippen LogP contribution < -0.4 is 10.2 Å². The van der Waals surface area contributed by atoms with Gasteiger partial charge in [-0.3, -0.25) is 4.90 Å². The fraction of sp³-hybridized carbons (Fsp3) is 0.692. The Hall–Kier alpha value is -0.920. The number of nitrogens with zero attached hydrogens (tertiary/aromatic N) is 4. The number of hydrogen-bond acceptors (Lipinski definition) is 6. The van der Waals surface area contributed by atoms with E-state index in [4.69, 9.17) is 5.11 Å². The van der Waals surface area contributed by atoms with Crippen molar-refractivity contribution < 1.29 is 5.11 Å². The van der Waals surface area contributed by atoms with E-state index in [1.807, 2.05) is 6.92 Å². The minimum atomic E-state index is 0.224. The fourth-order valence-corrected chi connectivity index (χ4v) is 2.81. The largest absolute Gasteiger partial charge is 0.395 e. The number of anilines is 2. The number of hydrogen-bond donors (Lipinski definition) is 2. The summed E-state index contributed by atoms with van der Waals surface area (Å²) in [6.45, 7) is 7.69. The van der Waals surface area contributed by atoms with Crippen molar-refractivity contribution in [3.63, 3.8) is 0 Å². The van der Waals surface area contributed by atoms with Gasteiger partial charge in [0, 0.05) is 38.9 Å². The van der Waals surface area contributed by atoms with E-state index < -0.39 is 0 Å². The van der Waals surface area contributed by atoms with E-state index in [-0.39, 0.29) is 6.61 Å². The summed E-state index contributed by atoms with van der Waals surface area (Å²) in [5.74, 6) is 1.61. The third-order valence-electron chi connectivity index (χ3n) is 3.36. The molecule has 20 heavy (non-hydrogen) atoms. The number of β-amino-alcohol motifs (C(OH)–C–C–N with tert-alkyl or cyclic N) is 1. The number of aromatic nitrogens is 2. The second-order valence-electron chi connectivity index (χ2n) is 4.80. The van der Waals surface area contributed by atoms with Gasteiger partial charge in [0.1, 0.15) is 5.82 Å². The standard InChI is InChI=1S/C13H22BrN5O/c1-2-15-13-16-10-11(14)12(17-13)19-5-3-4-18(6-7-19)8-9-20/h10,20H,2-9H2,1H3,(H,15,16,17). The van der Waals surface area contributed by atoms with Crippen LogP contribution in [0.5, 0.6) is 0 Å². The molecule has 6 nitrogen and oxygen atoms in total. The fourth-order valence-electron chi connectivity index (χ4n) is 2.37. The topological polar surface area (TPSA) is 64.5 Å². The summed E-state index contributed by atoms with van der Waals surface area (Å²) in [6.07, 6.45) is 2.88. The summed E-state index contributed by atoms with van der Waals surface area (Å²) in [4.78, 5) is 13.4. The zero-order valence-corrected chi connectivity index (χ0v) is 13.4. The Morgan fingerprint density at radius 2 is 2.20 bits per heavy atom. The summed E-state index contributed by atoms with van der Waals surface area (Å²) in [5.41, 5.74) is 0. The van der Waals surface area contributed by atoms with Crippen LogP contribution in [0.4, 0.5) is 11.8 Å². The van der Waals surface area contributed by atoms with E-state index in [2.05, 4.69) is 41.0 Å². The zero-order valence-electron chi connectivity index (χ0n) is 11.8. The van der Waals surface area contributed by atoms with Gasteiger partial charge in [0.15, 0.2) is 0 Å². The summed E-state index contributed by atoms with van der Waals surface area (Å²) >= 11 is 3.54. The quantitative estimate of drug-likeness (QED) is 0.836. The molecule has 2 heterocycles. The molecule has 1 fully saturated rings. The minimum absolute atomic E-state index is 0.224. The lowest BCUT2D eigenvalue weighted by Crippen LogP contribution is -2.33. The smallest absolute Gasteiger partial charge is 0.224 e. The lowest BCUT2D eigenvalue weighted by molar-refractivity contribution is 0.204. The molecule has 0 aromatic carbocycles. The Morgan fingerprint density at radius 3 is 2.95 bits per heavy atom. The third-order valence-corrected chi connectivity index (χ3v) is 3.92. The van der Waals surface area contributed by atoms with Gasteiger partial charge in [0.05, 0.1) is 11.1 Å². The second-order valence-corrected chi connectivity index (χ2v) is 5.66. The number of halogens is 1. The minimum Gasteiger partial charge on any atom is -0.395 e. The van der Waals surface area contributed by atoms with Crippen LogP contribution in [0.1, 0.15) is 13.3 Å². The van der Waals surface area contributed by atoms with Gasteiger partial charge in [0.2, 0.25) is 5.95 Å². The third kappa shape index (κ3) is 4.04. The molecule has 112 valence electrons. The predicted octanol–water partition coefficient (Wildman–Crippen LogP) is 1.18. The first-order valence-electron chi connectivity index (χ1n) is 7.09. The maximum Gasteiger partial charge on any atom is 0.224 e. The van der Waals surface area contributed by atoms with Crippen LogP contribution in [-0.2, 0) is 0 Å². The predicted molar refractivity (Wildman–Crippen MR) is 84.3 cm³/mol. The van der Waals surface area contributed by atoms with Gasteiger partial charge in [-0.1, -0.05) is 0 Å². The van der Waals surface area contributed by atoms with Gasteiger partial charge in [-0.25, -0.2) is 4.98 Å². The molecule has 0 radical (unpaired) electrons. The van der Waals surface area contributed by atoms with Crippen molar-refractivity contribution in [2.45, 2.75) is 13.3 Å². The lowest BCUT2D eigenvalue weighted by atomic mass is 10.3. The molecule has 0 atom stereocenters. The van der Waals surface area contributed by atoms with Crippen molar-refractivity contribution in [1.82, 2.24) is 14.9 Å². The maximum atomic E-state index is 9.04. The van der Waals surface area contributed by atoms with E-state index in [1.165, 1.54) is 0 Å². The Kier molecular flexibility index (Phi) is 6.00. The van der Waals surface area contributed by atoms with Crippen LogP contribution in [0.3, 0.4) is 0 Å². The van der Waals surface area contributed by atoms with E-state index in [0.29, 0.717) is 5.95 Å². The van der Waals surface area contributed by atoms with Crippen LogP contribution in [0.2, 0.25) is 0 Å². The molecular weight excluding hydrogens is 322 g/mol. The molecule has 7 heteroatoms. The normalized spacial score (nSPS) is 17.1. The molecule has 1 aromatic heterocycles. The van der Waals surface area contributed by atoms with E-state index in [0.717, 1.165) is 56.0 Å². The first-order valence-corrected chi connectivity index (χ1v) is 7.88. The zero-order chi connectivity index (χ0) is 14.4. The molecule has 0 spiro atoms. The molecule has 1 aliphatic heterocycles. The van der Waals surface area contributed by atoms with Gasteiger partial charge in [0.25, 0.3) is 0 Å². The van der Waals surface area contributed by atoms with Crippen molar-refractivity contribution in [2.24, 2.45) is 0 Å². The average Bonchev–Trinajstić information content (AvgIpc) is 2.67.